The van der Waals surface area contributed by atoms with Crippen LogP contribution in [0.5, 0.6) is 0 Å². The van der Waals surface area contributed by atoms with Gasteiger partial charge in [-0.15, -0.1) is 17.9 Å². The molecule has 0 spiro atoms. The normalized spacial score (nSPS) is 10.7. The first-order valence-electron chi connectivity index (χ1n) is 7.66. The number of carbonyl (C=O) groups excluding carboxylic acids is 2. The Balaban J connectivity index is 1.92. The first-order valence-corrected chi connectivity index (χ1v) is 8.54. The minimum absolute atomic E-state index is 0.337. The van der Waals surface area contributed by atoms with Crippen molar-refractivity contribution in [2.45, 2.75) is 13.5 Å². The third-order valence-corrected chi connectivity index (χ3v) is 4.74. The van der Waals surface area contributed by atoms with Gasteiger partial charge in [-0.1, -0.05) is 30.3 Å². The van der Waals surface area contributed by atoms with Crippen LogP contribution in [0.4, 0.5) is 0 Å². The van der Waals surface area contributed by atoms with Crippen LogP contribution in [-0.2, 0) is 11.3 Å². The Morgan fingerprint density at radius 1 is 1.25 bits per heavy atom. The third-order valence-electron chi connectivity index (χ3n) is 3.88. The summed E-state index contributed by atoms with van der Waals surface area (Å²) in [6.07, 6.45) is 1.64. The zero-order valence-electron chi connectivity index (χ0n) is 13.4. The van der Waals surface area contributed by atoms with E-state index >= 15 is 0 Å². The van der Waals surface area contributed by atoms with Gasteiger partial charge in [-0.05, 0) is 24.4 Å². The Bertz CT molecular complexity index is 893. The SMILES string of the molecule is C=CCN(Cc1cccs1)C(=O)C(=O)c1c(C)[nH]c2ccccc12. The van der Waals surface area contributed by atoms with Gasteiger partial charge in [-0.3, -0.25) is 9.59 Å². The summed E-state index contributed by atoms with van der Waals surface area (Å²) in [5.74, 6) is -0.987. The lowest BCUT2D eigenvalue weighted by atomic mass is 10.1. The highest BCUT2D eigenvalue weighted by Crippen LogP contribution is 2.23. The summed E-state index contributed by atoms with van der Waals surface area (Å²) in [5.41, 5.74) is 2.03. The molecular formula is C19H18N2O2S. The second-order valence-corrected chi connectivity index (χ2v) is 6.59. The fourth-order valence-corrected chi connectivity index (χ4v) is 3.50. The molecule has 24 heavy (non-hydrogen) atoms. The molecule has 3 rings (SSSR count). The van der Waals surface area contributed by atoms with Gasteiger partial charge < -0.3 is 9.88 Å². The smallest absolute Gasteiger partial charge is 0.295 e. The molecule has 2 heterocycles. The fourth-order valence-electron chi connectivity index (χ4n) is 2.79. The molecule has 0 saturated heterocycles. The van der Waals surface area contributed by atoms with Crippen LogP contribution in [0.1, 0.15) is 20.9 Å². The summed E-state index contributed by atoms with van der Waals surface area (Å²) in [6, 6.07) is 11.4. The van der Waals surface area contributed by atoms with E-state index in [9.17, 15) is 9.59 Å². The van der Waals surface area contributed by atoms with Crippen LogP contribution < -0.4 is 0 Å². The van der Waals surface area contributed by atoms with Gasteiger partial charge in [0.1, 0.15) is 0 Å². The van der Waals surface area contributed by atoms with Gasteiger partial charge in [0.05, 0.1) is 12.1 Å². The topological polar surface area (TPSA) is 53.2 Å². The van der Waals surface area contributed by atoms with Crippen molar-refractivity contribution in [2.75, 3.05) is 6.54 Å². The maximum atomic E-state index is 12.8. The summed E-state index contributed by atoms with van der Waals surface area (Å²) >= 11 is 1.56. The lowest BCUT2D eigenvalue weighted by Crippen LogP contribution is -2.36. The van der Waals surface area contributed by atoms with Gasteiger partial charge in [0.2, 0.25) is 0 Å². The van der Waals surface area contributed by atoms with Crippen LogP contribution in [-0.4, -0.2) is 28.1 Å². The number of aromatic nitrogens is 1. The van der Waals surface area contributed by atoms with Crippen LogP contribution >= 0.6 is 11.3 Å². The molecule has 1 N–H and O–H groups in total. The Morgan fingerprint density at radius 2 is 2.04 bits per heavy atom. The number of hydrogen-bond acceptors (Lipinski definition) is 3. The van der Waals surface area contributed by atoms with Crippen molar-refractivity contribution in [1.29, 1.82) is 0 Å². The third kappa shape index (κ3) is 3.03. The van der Waals surface area contributed by atoms with Crippen LogP contribution in [0.3, 0.4) is 0 Å². The van der Waals surface area contributed by atoms with Crippen LogP contribution in [0, 0.1) is 6.92 Å². The second-order valence-electron chi connectivity index (χ2n) is 5.55. The first kappa shape index (κ1) is 16.2. The molecule has 0 fully saturated rings. The predicted molar refractivity (Wildman–Crippen MR) is 97.3 cm³/mol. The minimum atomic E-state index is -0.504. The van der Waals surface area contributed by atoms with Crippen molar-refractivity contribution < 1.29 is 9.59 Å². The number of carbonyl (C=O) groups is 2. The van der Waals surface area contributed by atoms with E-state index < -0.39 is 11.7 Å². The molecule has 3 aromatic rings. The number of Topliss-reactive ketones (excluding diaryl/α,β-unsaturated/α-hetero) is 1. The predicted octanol–water partition coefficient (Wildman–Crippen LogP) is 3.94. The molecule has 1 aromatic carbocycles. The van der Waals surface area contributed by atoms with E-state index in [2.05, 4.69) is 11.6 Å². The molecule has 0 bridgehead atoms. The molecule has 0 aliphatic carbocycles. The molecular weight excluding hydrogens is 320 g/mol. The summed E-state index contributed by atoms with van der Waals surface area (Å²) in [6.45, 7) is 6.26. The van der Waals surface area contributed by atoms with Crippen LogP contribution in [0.25, 0.3) is 10.9 Å². The zero-order chi connectivity index (χ0) is 17.1. The zero-order valence-corrected chi connectivity index (χ0v) is 14.2. The molecule has 5 heteroatoms. The number of benzene rings is 1. The summed E-state index contributed by atoms with van der Waals surface area (Å²) in [4.78, 5) is 31.4. The number of aromatic amines is 1. The van der Waals surface area contributed by atoms with Crippen LogP contribution in [0.2, 0.25) is 0 Å². The van der Waals surface area contributed by atoms with Crippen molar-refractivity contribution >= 4 is 33.9 Å². The van der Waals surface area contributed by atoms with E-state index in [4.69, 9.17) is 0 Å². The van der Waals surface area contributed by atoms with E-state index in [0.29, 0.717) is 24.3 Å². The number of ketones is 1. The lowest BCUT2D eigenvalue weighted by Gasteiger charge is -2.19. The van der Waals surface area contributed by atoms with Gasteiger partial charge in [0.25, 0.3) is 11.7 Å². The van der Waals surface area contributed by atoms with Gasteiger partial charge >= 0.3 is 0 Å². The van der Waals surface area contributed by atoms with E-state index in [1.807, 2.05) is 48.7 Å². The number of rotatable bonds is 6. The summed E-state index contributed by atoms with van der Waals surface area (Å²) < 4.78 is 0. The number of H-pyrrole nitrogens is 1. The Morgan fingerprint density at radius 3 is 2.75 bits per heavy atom. The van der Waals surface area contributed by atoms with Crippen LogP contribution in [0.15, 0.2) is 54.4 Å². The first-order chi connectivity index (χ1) is 11.6. The van der Waals surface area contributed by atoms with E-state index in [0.717, 1.165) is 15.8 Å². The molecule has 0 unspecified atom stereocenters. The Hall–Kier alpha value is -2.66. The standard InChI is InChI=1S/C19H18N2O2S/c1-3-10-21(12-14-7-6-11-24-14)19(23)18(22)17-13(2)20-16-9-5-4-8-15(16)17/h3-9,11,20H,1,10,12H2,2H3. The Kier molecular flexibility index (Phi) is 4.62. The highest BCUT2D eigenvalue weighted by atomic mass is 32.1. The molecule has 4 nitrogen and oxygen atoms in total. The molecule has 0 radical (unpaired) electrons. The number of aryl methyl sites for hydroxylation is 1. The van der Waals surface area contributed by atoms with Gasteiger partial charge in [0, 0.05) is 28.0 Å². The molecule has 2 aromatic heterocycles. The number of thiophene rings is 1. The molecule has 0 saturated carbocycles. The molecule has 122 valence electrons. The molecule has 0 atom stereocenters. The van der Waals surface area contributed by atoms with Crippen molar-refractivity contribution in [1.82, 2.24) is 9.88 Å². The highest BCUT2D eigenvalue weighted by Gasteiger charge is 2.27. The maximum Gasteiger partial charge on any atom is 0.295 e. The maximum absolute atomic E-state index is 12.8. The summed E-state index contributed by atoms with van der Waals surface area (Å²) in [5, 5.41) is 2.74. The van der Waals surface area contributed by atoms with E-state index in [-0.39, 0.29) is 0 Å². The average Bonchev–Trinajstić information content (AvgIpc) is 3.19. The Labute approximate surface area is 144 Å². The minimum Gasteiger partial charge on any atom is -0.358 e. The number of para-hydroxylation sites is 1. The monoisotopic (exact) mass is 338 g/mol. The molecule has 0 aliphatic heterocycles. The number of hydrogen-bond donors (Lipinski definition) is 1. The van der Waals surface area contributed by atoms with E-state index in [1.165, 1.54) is 4.90 Å². The number of nitrogens with one attached hydrogen (secondary N) is 1. The van der Waals surface area contributed by atoms with Crippen molar-refractivity contribution in [3.05, 3.63) is 70.6 Å². The highest BCUT2D eigenvalue weighted by molar-refractivity contribution is 7.09. The number of nitrogens with zero attached hydrogens (tertiary/aromatic N) is 1. The number of fused-ring (bicyclic) bond motifs is 1. The largest absolute Gasteiger partial charge is 0.358 e. The number of amides is 1. The summed E-state index contributed by atoms with van der Waals surface area (Å²) in [7, 11) is 0. The van der Waals surface area contributed by atoms with Crippen molar-refractivity contribution in [2.24, 2.45) is 0 Å². The lowest BCUT2D eigenvalue weighted by molar-refractivity contribution is -0.126. The van der Waals surface area contributed by atoms with Crippen molar-refractivity contribution in [3.63, 3.8) is 0 Å². The van der Waals surface area contributed by atoms with E-state index in [1.54, 1.807) is 17.4 Å². The van der Waals surface area contributed by atoms with Gasteiger partial charge in [0.15, 0.2) is 0 Å². The quantitative estimate of drug-likeness (QED) is 0.420. The second kappa shape index (κ2) is 6.84. The van der Waals surface area contributed by atoms with Gasteiger partial charge in [-0.25, -0.2) is 0 Å². The van der Waals surface area contributed by atoms with Gasteiger partial charge in [-0.2, -0.15) is 0 Å². The molecule has 0 aliphatic rings. The average molecular weight is 338 g/mol. The molecule has 1 amide bonds. The fraction of sp³-hybridized carbons (Fsp3) is 0.158. The van der Waals surface area contributed by atoms with Crippen molar-refractivity contribution in [3.8, 4) is 0 Å².